The molecule has 0 spiro atoms. The zero-order valence-electron chi connectivity index (χ0n) is 13.6. The van der Waals surface area contributed by atoms with Gasteiger partial charge in [0.25, 0.3) is 0 Å². The molecule has 0 saturated carbocycles. The highest BCUT2D eigenvalue weighted by atomic mass is 32.1. The van der Waals surface area contributed by atoms with Crippen LogP contribution in [0.3, 0.4) is 0 Å². The highest BCUT2D eigenvalue weighted by molar-refractivity contribution is 7.18. The van der Waals surface area contributed by atoms with Gasteiger partial charge in [0.2, 0.25) is 5.91 Å². The van der Waals surface area contributed by atoms with E-state index in [-0.39, 0.29) is 5.91 Å². The molecular formula is C16H24N4OS. The van der Waals surface area contributed by atoms with Crippen LogP contribution in [0.2, 0.25) is 0 Å². The fourth-order valence-corrected chi connectivity index (χ4v) is 3.15. The molecule has 0 atom stereocenters. The summed E-state index contributed by atoms with van der Waals surface area (Å²) in [6.07, 6.45) is 5.22. The molecule has 5 nitrogen and oxygen atoms in total. The molecule has 0 saturated heterocycles. The standard InChI is InChI=1S/C16H24N4OS/c1-4-6-9-20(3)14(21)7-8-17-15-13-10-12(5-2)22-16(13)19-11-18-15/h10-11H,4-9H2,1-3H3,(H,17,18,19). The van der Waals surface area contributed by atoms with Crippen LogP contribution in [-0.2, 0) is 11.2 Å². The van der Waals surface area contributed by atoms with Crippen molar-refractivity contribution in [2.45, 2.75) is 39.5 Å². The minimum Gasteiger partial charge on any atom is -0.369 e. The van der Waals surface area contributed by atoms with Gasteiger partial charge in [-0.1, -0.05) is 20.3 Å². The second-order valence-electron chi connectivity index (χ2n) is 5.35. The fraction of sp³-hybridized carbons (Fsp3) is 0.562. The number of fused-ring (bicyclic) bond motifs is 1. The van der Waals surface area contributed by atoms with Crippen molar-refractivity contribution in [3.05, 3.63) is 17.3 Å². The Hall–Kier alpha value is -1.69. The molecule has 1 amide bonds. The number of hydrogen-bond donors (Lipinski definition) is 1. The lowest BCUT2D eigenvalue weighted by Gasteiger charge is -2.16. The molecule has 2 rings (SSSR count). The molecule has 22 heavy (non-hydrogen) atoms. The van der Waals surface area contributed by atoms with Gasteiger partial charge < -0.3 is 10.2 Å². The minimum absolute atomic E-state index is 0.172. The average molecular weight is 320 g/mol. The van der Waals surface area contributed by atoms with E-state index in [0.717, 1.165) is 41.8 Å². The van der Waals surface area contributed by atoms with E-state index in [0.29, 0.717) is 13.0 Å². The molecule has 2 aromatic heterocycles. The summed E-state index contributed by atoms with van der Waals surface area (Å²) < 4.78 is 0. The van der Waals surface area contributed by atoms with Crippen molar-refractivity contribution >= 4 is 33.3 Å². The lowest BCUT2D eigenvalue weighted by Crippen LogP contribution is -2.29. The van der Waals surface area contributed by atoms with Gasteiger partial charge in [0.15, 0.2) is 0 Å². The summed E-state index contributed by atoms with van der Waals surface area (Å²) in [5, 5.41) is 4.33. The van der Waals surface area contributed by atoms with Gasteiger partial charge in [-0.25, -0.2) is 9.97 Å². The number of hydrogen-bond acceptors (Lipinski definition) is 5. The van der Waals surface area contributed by atoms with E-state index in [4.69, 9.17) is 0 Å². The SMILES string of the molecule is CCCCN(C)C(=O)CCNc1ncnc2sc(CC)cc12. The van der Waals surface area contributed by atoms with Crippen molar-refractivity contribution in [2.75, 3.05) is 25.5 Å². The van der Waals surface area contributed by atoms with Gasteiger partial charge in [-0.2, -0.15) is 0 Å². The summed E-state index contributed by atoms with van der Waals surface area (Å²) in [5.41, 5.74) is 0. The number of aryl methyl sites for hydroxylation is 1. The molecule has 0 aliphatic rings. The summed E-state index contributed by atoms with van der Waals surface area (Å²) in [6, 6.07) is 2.14. The van der Waals surface area contributed by atoms with Crippen molar-refractivity contribution in [3.8, 4) is 0 Å². The van der Waals surface area contributed by atoms with Gasteiger partial charge in [-0.05, 0) is 18.9 Å². The smallest absolute Gasteiger partial charge is 0.224 e. The first-order valence-electron chi connectivity index (χ1n) is 7.87. The molecule has 0 bridgehead atoms. The van der Waals surface area contributed by atoms with E-state index in [1.807, 2.05) is 7.05 Å². The molecular weight excluding hydrogens is 296 g/mol. The maximum atomic E-state index is 12.0. The number of amides is 1. The van der Waals surface area contributed by atoms with Crippen LogP contribution in [0.5, 0.6) is 0 Å². The minimum atomic E-state index is 0.172. The number of carbonyl (C=O) groups is 1. The summed E-state index contributed by atoms with van der Waals surface area (Å²) in [4.78, 5) is 24.7. The average Bonchev–Trinajstić information content (AvgIpc) is 2.96. The molecule has 0 fully saturated rings. The molecule has 0 unspecified atom stereocenters. The highest BCUT2D eigenvalue weighted by Gasteiger charge is 2.10. The van der Waals surface area contributed by atoms with Crippen LogP contribution in [0.15, 0.2) is 12.4 Å². The molecule has 120 valence electrons. The molecule has 2 aromatic rings. The number of aromatic nitrogens is 2. The quantitative estimate of drug-likeness (QED) is 0.810. The molecule has 6 heteroatoms. The lowest BCUT2D eigenvalue weighted by atomic mass is 10.3. The van der Waals surface area contributed by atoms with Gasteiger partial charge in [0, 0.05) is 31.4 Å². The lowest BCUT2D eigenvalue weighted by molar-refractivity contribution is -0.129. The second-order valence-corrected chi connectivity index (χ2v) is 6.47. The Morgan fingerprint density at radius 1 is 1.36 bits per heavy atom. The Balaban J connectivity index is 1.92. The Labute approximate surface area is 135 Å². The molecule has 0 aliphatic heterocycles. The first kappa shape index (κ1) is 16.7. The maximum absolute atomic E-state index is 12.0. The summed E-state index contributed by atoms with van der Waals surface area (Å²) in [7, 11) is 1.87. The van der Waals surface area contributed by atoms with Gasteiger partial charge in [0.05, 0.1) is 5.39 Å². The molecule has 1 N–H and O–H groups in total. The number of thiophene rings is 1. The monoisotopic (exact) mass is 320 g/mol. The zero-order chi connectivity index (χ0) is 15.9. The normalized spacial score (nSPS) is 10.9. The molecule has 0 aromatic carbocycles. The number of anilines is 1. The Morgan fingerprint density at radius 2 is 2.18 bits per heavy atom. The number of nitrogens with zero attached hydrogens (tertiary/aromatic N) is 3. The van der Waals surface area contributed by atoms with Gasteiger partial charge >= 0.3 is 0 Å². The van der Waals surface area contributed by atoms with E-state index in [1.165, 1.54) is 4.88 Å². The van der Waals surface area contributed by atoms with Crippen LogP contribution in [0, 0.1) is 0 Å². The topological polar surface area (TPSA) is 58.1 Å². The van der Waals surface area contributed by atoms with E-state index in [9.17, 15) is 4.79 Å². The first-order valence-corrected chi connectivity index (χ1v) is 8.68. The third kappa shape index (κ3) is 4.16. The predicted molar refractivity (Wildman–Crippen MR) is 92.4 cm³/mol. The number of unbranched alkanes of at least 4 members (excludes halogenated alkanes) is 1. The number of nitrogens with one attached hydrogen (secondary N) is 1. The number of carbonyl (C=O) groups excluding carboxylic acids is 1. The molecule has 0 radical (unpaired) electrons. The van der Waals surface area contributed by atoms with Gasteiger partial charge in [-0.15, -0.1) is 11.3 Å². The van der Waals surface area contributed by atoms with Gasteiger partial charge in [-0.3, -0.25) is 4.79 Å². The largest absolute Gasteiger partial charge is 0.369 e. The van der Waals surface area contributed by atoms with Crippen LogP contribution >= 0.6 is 11.3 Å². The predicted octanol–water partition coefficient (Wildman–Crippen LogP) is 3.31. The van der Waals surface area contributed by atoms with E-state index < -0.39 is 0 Å². The summed E-state index contributed by atoms with van der Waals surface area (Å²) >= 11 is 1.70. The van der Waals surface area contributed by atoms with Crippen LogP contribution in [-0.4, -0.2) is 40.9 Å². The van der Waals surface area contributed by atoms with Crippen LogP contribution < -0.4 is 5.32 Å². The van der Waals surface area contributed by atoms with Crippen LogP contribution in [0.4, 0.5) is 5.82 Å². The van der Waals surface area contributed by atoms with Crippen molar-refractivity contribution in [1.29, 1.82) is 0 Å². The third-order valence-electron chi connectivity index (χ3n) is 3.63. The second kappa shape index (κ2) is 8.08. The summed E-state index contributed by atoms with van der Waals surface area (Å²) in [5.74, 6) is 0.996. The highest BCUT2D eigenvalue weighted by Crippen LogP contribution is 2.28. The first-order chi connectivity index (χ1) is 10.7. The Bertz CT molecular complexity index is 626. The molecule has 0 aliphatic carbocycles. The van der Waals surface area contributed by atoms with E-state index >= 15 is 0 Å². The van der Waals surface area contributed by atoms with Crippen LogP contribution in [0.25, 0.3) is 10.2 Å². The Morgan fingerprint density at radius 3 is 2.91 bits per heavy atom. The van der Waals surface area contributed by atoms with Crippen molar-refractivity contribution in [3.63, 3.8) is 0 Å². The van der Waals surface area contributed by atoms with Crippen molar-refractivity contribution in [1.82, 2.24) is 14.9 Å². The zero-order valence-corrected chi connectivity index (χ0v) is 14.4. The van der Waals surface area contributed by atoms with Gasteiger partial charge in [0.1, 0.15) is 17.0 Å². The number of rotatable bonds is 8. The van der Waals surface area contributed by atoms with E-state index in [2.05, 4.69) is 35.2 Å². The Kier molecular flexibility index (Phi) is 6.12. The van der Waals surface area contributed by atoms with Crippen molar-refractivity contribution < 1.29 is 4.79 Å². The molecule has 2 heterocycles. The third-order valence-corrected chi connectivity index (χ3v) is 4.82. The van der Waals surface area contributed by atoms with Crippen molar-refractivity contribution in [2.24, 2.45) is 0 Å². The van der Waals surface area contributed by atoms with E-state index in [1.54, 1.807) is 22.6 Å². The van der Waals surface area contributed by atoms with Crippen LogP contribution in [0.1, 0.15) is 38.0 Å². The fourth-order valence-electron chi connectivity index (χ4n) is 2.22. The maximum Gasteiger partial charge on any atom is 0.224 e. The summed E-state index contributed by atoms with van der Waals surface area (Å²) in [6.45, 7) is 5.69.